The van der Waals surface area contributed by atoms with Crippen molar-refractivity contribution in [2.24, 2.45) is 0 Å². The number of benzene rings is 1. The summed E-state index contributed by atoms with van der Waals surface area (Å²) in [6.07, 6.45) is 1.37. The van der Waals surface area contributed by atoms with Crippen molar-refractivity contribution < 1.29 is 13.9 Å². The number of furan rings is 1. The molecule has 2 aromatic rings. The van der Waals surface area contributed by atoms with Crippen molar-refractivity contribution in [2.75, 3.05) is 0 Å². The van der Waals surface area contributed by atoms with Crippen LogP contribution in [0.25, 0.3) is 0 Å². The lowest BCUT2D eigenvalue weighted by atomic mass is 10.3. The summed E-state index contributed by atoms with van der Waals surface area (Å²) in [6, 6.07) is 3.10. The summed E-state index contributed by atoms with van der Waals surface area (Å²) in [5.41, 5.74) is 0. The van der Waals surface area contributed by atoms with E-state index in [1.54, 1.807) is 6.07 Å². The van der Waals surface area contributed by atoms with Gasteiger partial charge in [0.25, 0.3) is 0 Å². The minimum Gasteiger partial charge on any atom is -0.467 e. The molecule has 0 bridgehead atoms. The Morgan fingerprint density at radius 2 is 1.52 bits per heavy atom. The highest BCUT2D eigenvalue weighted by molar-refractivity contribution is 6.55. The molecule has 0 N–H and O–H groups in total. The number of hydrogen-bond acceptors (Lipinski definition) is 3. The first-order valence-electron chi connectivity index (χ1n) is 5.25. The molecule has 0 aliphatic rings. The van der Waals surface area contributed by atoms with Gasteiger partial charge in [0.05, 0.1) is 21.3 Å². The predicted octanol–water partition coefficient (Wildman–Crippen LogP) is 6.43. The van der Waals surface area contributed by atoms with E-state index in [0.29, 0.717) is 0 Å². The van der Waals surface area contributed by atoms with E-state index in [2.05, 4.69) is 0 Å². The Hall–Kier alpha value is -0.290. The third-order valence-corrected chi connectivity index (χ3v) is 5.01. The summed E-state index contributed by atoms with van der Waals surface area (Å²) in [7, 11) is 0. The van der Waals surface area contributed by atoms with Crippen molar-refractivity contribution in [3.63, 3.8) is 0 Å². The molecular formula is C12H4Cl6O3. The first-order chi connectivity index (χ1) is 9.84. The van der Waals surface area contributed by atoms with Crippen molar-refractivity contribution >= 4 is 75.6 Å². The second-order valence-electron chi connectivity index (χ2n) is 3.70. The molecule has 0 spiro atoms. The van der Waals surface area contributed by atoms with Gasteiger partial charge in [-0.2, -0.15) is 0 Å². The summed E-state index contributed by atoms with van der Waals surface area (Å²) >= 11 is 35.4. The van der Waals surface area contributed by atoms with Gasteiger partial charge in [-0.05, 0) is 12.1 Å². The Bertz CT molecular complexity index is 654. The van der Waals surface area contributed by atoms with Gasteiger partial charge in [0.1, 0.15) is 15.8 Å². The summed E-state index contributed by atoms with van der Waals surface area (Å²) in [4.78, 5) is 12.0. The van der Waals surface area contributed by atoms with Gasteiger partial charge in [0, 0.05) is 0 Å². The summed E-state index contributed by atoms with van der Waals surface area (Å²) in [5, 5.41) is -1.68. The van der Waals surface area contributed by atoms with E-state index in [0.717, 1.165) is 0 Å². The van der Waals surface area contributed by atoms with Gasteiger partial charge in [-0.3, -0.25) is 0 Å². The monoisotopic (exact) mass is 406 g/mol. The molecule has 1 aromatic heterocycles. The Labute approximate surface area is 149 Å². The largest absolute Gasteiger partial charge is 0.467 e. The summed E-state index contributed by atoms with van der Waals surface area (Å²) in [6.45, 7) is 0. The van der Waals surface area contributed by atoms with Crippen LogP contribution >= 0.6 is 69.6 Å². The lowest BCUT2D eigenvalue weighted by molar-refractivity contribution is -0.134. The molecule has 1 heterocycles. The van der Waals surface area contributed by atoms with Crippen LogP contribution in [0.5, 0.6) is 5.75 Å². The molecule has 3 nitrogen and oxygen atoms in total. The molecule has 0 fully saturated rings. The zero-order chi connectivity index (χ0) is 15.7. The zero-order valence-corrected chi connectivity index (χ0v) is 14.3. The molecule has 0 radical (unpaired) electrons. The maximum Gasteiger partial charge on any atom is 0.337 e. The van der Waals surface area contributed by atoms with Gasteiger partial charge >= 0.3 is 5.97 Å². The van der Waals surface area contributed by atoms with Crippen LogP contribution in [-0.4, -0.2) is 5.97 Å². The molecule has 1 aromatic carbocycles. The number of alkyl halides is 1. The highest BCUT2D eigenvalue weighted by atomic mass is 35.5. The van der Waals surface area contributed by atoms with E-state index in [1.165, 1.54) is 12.3 Å². The lowest BCUT2D eigenvalue weighted by Crippen LogP contribution is -2.14. The van der Waals surface area contributed by atoms with Crippen molar-refractivity contribution in [3.05, 3.63) is 49.3 Å². The number of carbonyl (C=O) groups is 1. The smallest absolute Gasteiger partial charge is 0.337 e. The average molecular weight is 409 g/mol. The standard InChI is InChI=1S/C12H4Cl6O3/c13-5(4-2-1-3-20-4)12(19)21-11-9(17)7(15)6(14)8(16)10(11)18/h1-3,5H/t5-/m0/s1. The SMILES string of the molecule is O=C(Oc1c(Cl)c(Cl)c(Cl)c(Cl)c1Cl)[C@@H](Cl)c1ccco1. The van der Waals surface area contributed by atoms with E-state index in [4.69, 9.17) is 78.8 Å². The van der Waals surface area contributed by atoms with Gasteiger partial charge in [0.2, 0.25) is 0 Å². The van der Waals surface area contributed by atoms with Gasteiger partial charge in [-0.1, -0.05) is 58.0 Å². The normalized spacial score (nSPS) is 12.3. The van der Waals surface area contributed by atoms with Crippen molar-refractivity contribution in [2.45, 2.75) is 5.38 Å². The minimum atomic E-state index is -1.18. The van der Waals surface area contributed by atoms with Gasteiger partial charge in [-0.25, -0.2) is 4.79 Å². The Kier molecular flexibility index (Phi) is 5.58. The van der Waals surface area contributed by atoms with Crippen molar-refractivity contribution in [3.8, 4) is 5.75 Å². The molecule has 0 saturated heterocycles. The number of rotatable bonds is 3. The summed E-state index contributed by atoms with van der Waals surface area (Å²) < 4.78 is 10.1. The highest BCUT2D eigenvalue weighted by Gasteiger charge is 2.27. The van der Waals surface area contributed by atoms with E-state index in [1.807, 2.05) is 0 Å². The second-order valence-corrected chi connectivity index (χ2v) is 6.02. The number of halogens is 6. The van der Waals surface area contributed by atoms with Crippen LogP contribution in [0.2, 0.25) is 25.1 Å². The van der Waals surface area contributed by atoms with E-state index >= 15 is 0 Å². The molecule has 1 atom stereocenters. The van der Waals surface area contributed by atoms with Gasteiger partial charge < -0.3 is 9.15 Å². The highest BCUT2D eigenvalue weighted by Crippen LogP contribution is 2.48. The second kappa shape index (κ2) is 6.86. The summed E-state index contributed by atoms with van der Waals surface area (Å²) in [5.74, 6) is -0.870. The molecule has 9 heteroatoms. The van der Waals surface area contributed by atoms with Crippen LogP contribution in [0, 0.1) is 0 Å². The molecule has 21 heavy (non-hydrogen) atoms. The van der Waals surface area contributed by atoms with Gasteiger partial charge in [-0.15, -0.1) is 11.6 Å². The van der Waals surface area contributed by atoms with Crippen molar-refractivity contribution in [1.82, 2.24) is 0 Å². The topological polar surface area (TPSA) is 39.4 Å². The van der Waals surface area contributed by atoms with Crippen LogP contribution in [0.3, 0.4) is 0 Å². The molecule has 0 aliphatic heterocycles. The molecule has 0 saturated carbocycles. The van der Waals surface area contributed by atoms with Crippen LogP contribution in [0.4, 0.5) is 0 Å². The van der Waals surface area contributed by atoms with Crippen molar-refractivity contribution in [1.29, 1.82) is 0 Å². The van der Waals surface area contributed by atoms with Crippen LogP contribution in [-0.2, 0) is 4.79 Å². The maximum absolute atomic E-state index is 12.0. The molecule has 0 unspecified atom stereocenters. The van der Waals surface area contributed by atoms with Crippen LogP contribution < -0.4 is 4.74 Å². The fraction of sp³-hybridized carbons (Fsp3) is 0.0833. The predicted molar refractivity (Wildman–Crippen MR) is 84.4 cm³/mol. The Morgan fingerprint density at radius 1 is 1.00 bits per heavy atom. The first-order valence-corrected chi connectivity index (χ1v) is 7.57. The number of ether oxygens (including phenoxy) is 1. The maximum atomic E-state index is 12.0. The third kappa shape index (κ3) is 3.39. The molecule has 112 valence electrons. The van der Waals surface area contributed by atoms with Crippen LogP contribution in [0.15, 0.2) is 22.8 Å². The quantitative estimate of drug-likeness (QED) is 0.193. The first kappa shape index (κ1) is 17.1. The molecule has 0 amide bonds. The average Bonchev–Trinajstić information content (AvgIpc) is 3.00. The van der Waals surface area contributed by atoms with Crippen LogP contribution in [0.1, 0.15) is 11.1 Å². The molecule has 2 rings (SSSR count). The number of carbonyl (C=O) groups excluding carboxylic acids is 1. The third-order valence-electron chi connectivity index (χ3n) is 2.37. The zero-order valence-electron chi connectivity index (χ0n) is 9.80. The minimum absolute atomic E-state index is 0.0402. The fourth-order valence-electron chi connectivity index (χ4n) is 1.38. The van der Waals surface area contributed by atoms with Gasteiger partial charge in [0.15, 0.2) is 11.1 Å². The van der Waals surface area contributed by atoms with E-state index in [-0.39, 0.29) is 36.6 Å². The molecular weight excluding hydrogens is 405 g/mol. The number of hydrogen-bond donors (Lipinski definition) is 0. The van der Waals surface area contributed by atoms with E-state index in [9.17, 15) is 4.79 Å². The fourth-order valence-corrected chi connectivity index (χ4v) is 2.75. The lowest BCUT2D eigenvalue weighted by Gasteiger charge is -2.13. The molecule has 0 aliphatic carbocycles. The Morgan fingerprint density at radius 3 is 2.00 bits per heavy atom. The number of esters is 1. The van der Waals surface area contributed by atoms with E-state index < -0.39 is 11.3 Å². The Balaban J connectivity index is 2.34.